The summed E-state index contributed by atoms with van der Waals surface area (Å²) in [7, 11) is -3.67. The molecule has 0 radical (unpaired) electrons. The molecule has 0 aliphatic heterocycles. The van der Waals surface area contributed by atoms with Gasteiger partial charge in [0.25, 0.3) is 0 Å². The Hall–Kier alpha value is -2.78. The van der Waals surface area contributed by atoms with Crippen molar-refractivity contribution in [3.63, 3.8) is 0 Å². The van der Waals surface area contributed by atoms with Gasteiger partial charge in [-0.1, -0.05) is 90.1 Å². The number of nitrogens with one attached hydrogen (secondary N) is 1. The monoisotopic (exact) mass is 677 g/mol. The number of anilines is 1. The number of benzene rings is 3. The number of nitrogens with zero attached hydrogens (tertiary/aromatic N) is 2. The highest BCUT2D eigenvalue weighted by Crippen LogP contribution is 2.29. The van der Waals surface area contributed by atoms with E-state index in [-0.39, 0.29) is 43.8 Å². The SMILES string of the molecule is Cc1ccc(Cl)cc1N(CCCC(=O)N(Cc1c(Cl)cccc1Cl)[C@H](Cc1ccccc1)C(=O)NC1CCCC1)S(C)(=O)=O. The van der Waals surface area contributed by atoms with Gasteiger partial charge in [-0.15, -0.1) is 0 Å². The van der Waals surface area contributed by atoms with Crippen LogP contribution in [0.25, 0.3) is 0 Å². The minimum absolute atomic E-state index is 0.00426. The van der Waals surface area contributed by atoms with Gasteiger partial charge in [0.1, 0.15) is 6.04 Å². The summed E-state index contributed by atoms with van der Waals surface area (Å²) < 4.78 is 26.9. The minimum atomic E-state index is -3.67. The van der Waals surface area contributed by atoms with Gasteiger partial charge in [0.15, 0.2) is 0 Å². The molecule has 1 fully saturated rings. The number of halogens is 3. The van der Waals surface area contributed by atoms with Crippen LogP contribution in [0.1, 0.15) is 55.2 Å². The number of hydrogen-bond acceptors (Lipinski definition) is 4. The molecule has 0 unspecified atom stereocenters. The lowest BCUT2D eigenvalue weighted by Crippen LogP contribution is -2.52. The first kappa shape index (κ1) is 34.1. The predicted octanol–water partition coefficient (Wildman–Crippen LogP) is 7.20. The van der Waals surface area contributed by atoms with Crippen molar-refractivity contribution in [3.05, 3.63) is 98.5 Å². The van der Waals surface area contributed by atoms with Crippen LogP contribution in [0.3, 0.4) is 0 Å². The zero-order valence-corrected chi connectivity index (χ0v) is 28.0. The molecule has 236 valence electrons. The van der Waals surface area contributed by atoms with E-state index in [1.165, 1.54) is 4.31 Å². The van der Waals surface area contributed by atoms with Crippen LogP contribution in [0.2, 0.25) is 15.1 Å². The van der Waals surface area contributed by atoms with Crippen LogP contribution < -0.4 is 9.62 Å². The molecular formula is C33H38Cl3N3O4S. The molecule has 0 spiro atoms. The van der Waals surface area contributed by atoms with Crippen LogP contribution in [-0.4, -0.2) is 50.0 Å². The number of carbonyl (C=O) groups excluding carboxylic acids is 2. The fraction of sp³-hybridized carbons (Fsp3) is 0.394. The maximum absolute atomic E-state index is 14.1. The summed E-state index contributed by atoms with van der Waals surface area (Å²) in [6.45, 7) is 1.89. The highest BCUT2D eigenvalue weighted by Gasteiger charge is 2.33. The smallest absolute Gasteiger partial charge is 0.243 e. The van der Waals surface area contributed by atoms with Crippen LogP contribution in [0.4, 0.5) is 5.69 Å². The third-order valence-electron chi connectivity index (χ3n) is 7.95. The summed E-state index contributed by atoms with van der Waals surface area (Å²) in [5.74, 6) is -0.538. The Bertz CT molecular complexity index is 1540. The van der Waals surface area contributed by atoms with Crippen molar-refractivity contribution < 1.29 is 18.0 Å². The van der Waals surface area contributed by atoms with E-state index >= 15 is 0 Å². The number of sulfonamides is 1. The molecule has 0 saturated heterocycles. The van der Waals surface area contributed by atoms with Crippen molar-refractivity contribution >= 4 is 62.3 Å². The quantitative estimate of drug-likeness (QED) is 0.207. The van der Waals surface area contributed by atoms with Gasteiger partial charge in [0.05, 0.1) is 11.9 Å². The molecule has 0 bridgehead atoms. The third kappa shape index (κ3) is 9.13. The molecule has 7 nitrogen and oxygen atoms in total. The van der Waals surface area contributed by atoms with Gasteiger partial charge in [0.2, 0.25) is 21.8 Å². The van der Waals surface area contributed by atoms with Crippen molar-refractivity contribution in [1.29, 1.82) is 0 Å². The fourth-order valence-corrected chi connectivity index (χ4v) is 7.31. The molecule has 1 aliphatic carbocycles. The average molecular weight is 679 g/mol. The minimum Gasteiger partial charge on any atom is -0.352 e. The first-order chi connectivity index (χ1) is 20.9. The van der Waals surface area contributed by atoms with E-state index in [2.05, 4.69) is 5.32 Å². The van der Waals surface area contributed by atoms with E-state index in [4.69, 9.17) is 34.8 Å². The topological polar surface area (TPSA) is 86.8 Å². The first-order valence-corrected chi connectivity index (χ1v) is 17.7. The Morgan fingerprint density at radius 1 is 0.955 bits per heavy atom. The molecule has 3 aromatic rings. The van der Waals surface area contributed by atoms with E-state index in [0.29, 0.717) is 32.7 Å². The van der Waals surface area contributed by atoms with Gasteiger partial charge in [-0.25, -0.2) is 8.42 Å². The number of rotatable bonds is 13. The van der Waals surface area contributed by atoms with Gasteiger partial charge in [-0.2, -0.15) is 0 Å². The number of amides is 2. The second-order valence-electron chi connectivity index (χ2n) is 11.3. The van der Waals surface area contributed by atoms with Crippen molar-refractivity contribution in [2.45, 2.75) is 70.5 Å². The molecule has 1 N–H and O–H groups in total. The van der Waals surface area contributed by atoms with Gasteiger partial charge in [-0.3, -0.25) is 13.9 Å². The van der Waals surface area contributed by atoms with Gasteiger partial charge >= 0.3 is 0 Å². The van der Waals surface area contributed by atoms with Gasteiger partial charge < -0.3 is 10.2 Å². The molecule has 4 rings (SSSR count). The Morgan fingerprint density at radius 3 is 2.25 bits per heavy atom. The molecule has 44 heavy (non-hydrogen) atoms. The summed E-state index contributed by atoms with van der Waals surface area (Å²) in [5, 5.41) is 4.38. The van der Waals surface area contributed by atoms with Crippen LogP contribution >= 0.6 is 34.8 Å². The fourth-order valence-electron chi connectivity index (χ4n) is 5.61. The lowest BCUT2D eigenvalue weighted by molar-refractivity contribution is -0.141. The van der Waals surface area contributed by atoms with Crippen LogP contribution in [0.5, 0.6) is 0 Å². The number of carbonyl (C=O) groups is 2. The highest BCUT2D eigenvalue weighted by atomic mass is 35.5. The molecule has 1 saturated carbocycles. The maximum Gasteiger partial charge on any atom is 0.243 e. The zero-order valence-electron chi connectivity index (χ0n) is 24.9. The Labute approximate surface area is 275 Å². The number of hydrogen-bond donors (Lipinski definition) is 1. The molecule has 1 atom stereocenters. The van der Waals surface area contributed by atoms with Gasteiger partial charge in [-0.05, 0) is 61.6 Å². The van der Waals surface area contributed by atoms with Crippen LogP contribution in [0.15, 0.2) is 66.7 Å². The summed E-state index contributed by atoms with van der Waals surface area (Å²) in [4.78, 5) is 29.6. The maximum atomic E-state index is 14.1. The molecule has 0 heterocycles. The van der Waals surface area contributed by atoms with E-state index in [1.54, 1.807) is 48.2 Å². The van der Waals surface area contributed by atoms with Crippen molar-refractivity contribution in [2.75, 3.05) is 17.1 Å². The van der Waals surface area contributed by atoms with Gasteiger partial charge in [0, 0.05) is 52.6 Å². The lowest BCUT2D eigenvalue weighted by atomic mass is 10.0. The Morgan fingerprint density at radius 2 is 1.61 bits per heavy atom. The Kier molecular flexibility index (Phi) is 12.0. The van der Waals surface area contributed by atoms with E-state index < -0.39 is 16.1 Å². The summed E-state index contributed by atoms with van der Waals surface area (Å²) in [6.07, 6.45) is 5.54. The first-order valence-electron chi connectivity index (χ1n) is 14.7. The van der Waals surface area contributed by atoms with Crippen molar-refractivity contribution in [3.8, 4) is 0 Å². The second-order valence-corrected chi connectivity index (χ2v) is 14.4. The molecule has 3 aromatic carbocycles. The molecule has 1 aliphatic rings. The summed E-state index contributed by atoms with van der Waals surface area (Å²) in [5.41, 5.74) is 2.66. The van der Waals surface area contributed by atoms with E-state index in [1.807, 2.05) is 30.3 Å². The summed E-state index contributed by atoms with van der Waals surface area (Å²) >= 11 is 19.3. The Balaban J connectivity index is 1.63. The molecular weight excluding hydrogens is 641 g/mol. The summed E-state index contributed by atoms with van der Waals surface area (Å²) in [6, 6.07) is 19.0. The number of aryl methyl sites for hydroxylation is 1. The predicted molar refractivity (Wildman–Crippen MR) is 179 cm³/mol. The van der Waals surface area contributed by atoms with Crippen LogP contribution in [-0.2, 0) is 32.6 Å². The molecule has 2 amide bonds. The molecule has 0 aromatic heterocycles. The lowest BCUT2D eigenvalue weighted by Gasteiger charge is -2.33. The third-order valence-corrected chi connectivity index (χ3v) is 10.1. The van der Waals surface area contributed by atoms with E-state index in [0.717, 1.165) is 43.1 Å². The largest absolute Gasteiger partial charge is 0.352 e. The second kappa shape index (κ2) is 15.5. The highest BCUT2D eigenvalue weighted by molar-refractivity contribution is 7.92. The standard InChI is InChI=1S/C33H38Cl3N3O4S/c1-23-17-18-25(34)21-30(23)39(44(2,42)43)19-9-16-32(40)38(22-27-28(35)14-8-15-29(27)36)31(20-24-10-4-3-5-11-24)33(41)37-26-12-6-7-13-26/h3-5,8,10-11,14-15,17-18,21,26,31H,6-7,9,12-13,16,19-20,22H2,1-2H3,(H,37,41)/t31-/m1/s1. The van der Waals surface area contributed by atoms with Crippen molar-refractivity contribution in [2.24, 2.45) is 0 Å². The average Bonchev–Trinajstić information content (AvgIpc) is 3.48. The zero-order chi connectivity index (χ0) is 31.9. The van der Waals surface area contributed by atoms with Crippen molar-refractivity contribution in [1.82, 2.24) is 10.2 Å². The molecule has 11 heteroatoms. The van der Waals surface area contributed by atoms with Crippen LogP contribution in [0, 0.1) is 6.92 Å². The normalized spacial score (nSPS) is 14.3. The van der Waals surface area contributed by atoms with E-state index in [9.17, 15) is 18.0 Å².